The first-order chi connectivity index (χ1) is 9.86. The number of hydrogen-bond acceptors (Lipinski definition) is 3. The first-order valence-electron chi connectivity index (χ1n) is 7.04. The topological polar surface area (TPSA) is 44.3 Å². The van der Waals surface area contributed by atoms with Crippen molar-refractivity contribution in [3.8, 4) is 0 Å². The largest absolute Gasteiger partial charge is 0.387 e. The molecule has 3 nitrogen and oxygen atoms in total. The fourth-order valence-electron chi connectivity index (χ4n) is 2.04. The molecule has 0 aliphatic rings. The Morgan fingerprint density at radius 3 is 2.10 bits per heavy atom. The molecule has 0 spiro atoms. The Morgan fingerprint density at radius 1 is 0.800 bits per heavy atom. The number of hydrogen-bond donors (Lipinski definition) is 3. The minimum Gasteiger partial charge on any atom is -0.387 e. The fourth-order valence-corrected chi connectivity index (χ4v) is 2.04. The van der Waals surface area contributed by atoms with E-state index >= 15 is 0 Å². The van der Waals surface area contributed by atoms with Gasteiger partial charge in [0.15, 0.2) is 0 Å². The molecular formula is C17H22N2O. The molecule has 0 radical (unpaired) electrons. The summed E-state index contributed by atoms with van der Waals surface area (Å²) in [4.78, 5) is 0. The van der Waals surface area contributed by atoms with Crippen LogP contribution in [0.15, 0.2) is 60.7 Å². The fraction of sp³-hybridized carbons (Fsp3) is 0.294. The monoisotopic (exact) mass is 270 g/mol. The molecule has 0 heterocycles. The van der Waals surface area contributed by atoms with Gasteiger partial charge in [-0.05, 0) is 11.1 Å². The lowest BCUT2D eigenvalue weighted by molar-refractivity contribution is 0.175. The summed E-state index contributed by atoms with van der Waals surface area (Å²) in [6.07, 6.45) is -0.440. The van der Waals surface area contributed by atoms with Crippen molar-refractivity contribution in [1.29, 1.82) is 0 Å². The first-order valence-corrected chi connectivity index (χ1v) is 7.04. The second-order valence-electron chi connectivity index (χ2n) is 4.79. The molecule has 0 saturated heterocycles. The van der Waals surface area contributed by atoms with Crippen LogP contribution in [0.1, 0.15) is 17.2 Å². The molecule has 0 bridgehead atoms. The summed E-state index contributed by atoms with van der Waals surface area (Å²) in [7, 11) is 0. The van der Waals surface area contributed by atoms with Gasteiger partial charge in [-0.2, -0.15) is 0 Å². The van der Waals surface area contributed by atoms with Gasteiger partial charge in [-0.25, -0.2) is 0 Å². The standard InChI is InChI=1S/C17H22N2O/c20-17(16-9-5-2-6-10-16)14-19-12-11-18-13-15-7-3-1-4-8-15/h1-10,17-20H,11-14H2/t17-/m1/s1. The smallest absolute Gasteiger partial charge is 0.0914 e. The van der Waals surface area contributed by atoms with E-state index in [1.54, 1.807) is 0 Å². The molecule has 106 valence electrons. The Bertz CT molecular complexity index is 473. The molecule has 0 aliphatic carbocycles. The van der Waals surface area contributed by atoms with Crippen LogP contribution >= 0.6 is 0 Å². The van der Waals surface area contributed by atoms with Crippen molar-refractivity contribution in [3.05, 3.63) is 71.8 Å². The molecule has 0 aliphatic heterocycles. The molecule has 0 amide bonds. The summed E-state index contributed by atoms with van der Waals surface area (Å²) < 4.78 is 0. The predicted molar refractivity (Wildman–Crippen MR) is 82.4 cm³/mol. The highest BCUT2D eigenvalue weighted by Gasteiger charge is 2.04. The minimum absolute atomic E-state index is 0.440. The molecule has 2 rings (SSSR count). The Balaban J connectivity index is 1.56. The normalized spacial score (nSPS) is 12.2. The summed E-state index contributed by atoms with van der Waals surface area (Å²) >= 11 is 0. The second-order valence-corrected chi connectivity index (χ2v) is 4.79. The van der Waals surface area contributed by atoms with Crippen molar-refractivity contribution < 1.29 is 5.11 Å². The van der Waals surface area contributed by atoms with E-state index in [0.29, 0.717) is 6.54 Å². The molecule has 0 saturated carbocycles. The number of benzene rings is 2. The average Bonchev–Trinajstić information content (AvgIpc) is 2.52. The average molecular weight is 270 g/mol. The molecule has 0 unspecified atom stereocenters. The molecule has 2 aromatic carbocycles. The van der Waals surface area contributed by atoms with Crippen LogP contribution in [0, 0.1) is 0 Å². The zero-order valence-corrected chi connectivity index (χ0v) is 11.6. The summed E-state index contributed by atoms with van der Waals surface area (Å²) in [5.74, 6) is 0. The molecule has 2 aromatic rings. The third kappa shape index (κ3) is 5.13. The van der Waals surface area contributed by atoms with Gasteiger partial charge >= 0.3 is 0 Å². The van der Waals surface area contributed by atoms with Crippen LogP contribution < -0.4 is 10.6 Å². The number of nitrogens with one attached hydrogen (secondary N) is 2. The van der Waals surface area contributed by atoms with Gasteiger partial charge in [0.2, 0.25) is 0 Å². The summed E-state index contributed by atoms with van der Waals surface area (Å²) in [6.45, 7) is 3.19. The van der Waals surface area contributed by atoms with Gasteiger partial charge in [0.05, 0.1) is 6.10 Å². The van der Waals surface area contributed by atoms with Gasteiger partial charge in [-0.15, -0.1) is 0 Å². The Kier molecular flexibility index (Phi) is 6.24. The van der Waals surface area contributed by atoms with Gasteiger partial charge in [-0.3, -0.25) is 0 Å². The van der Waals surface area contributed by atoms with Gasteiger partial charge in [-0.1, -0.05) is 60.7 Å². The quantitative estimate of drug-likeness (QED) is 0.644. The van der Waals surface area contributed by atoms with E-state index in [2.05, 4.69) is 22.8 Å². The highest BCUT2D eigenvalue weighted by atomic mass is 16.3. The van der Waals surface area contributed by atoms with E-state index in [9.17, 15) is 5.11 Å². The third-order valence-corrected chi connectivity index (χ3v) is 3.17. The highest BCUT2D eigenvalue weighted by molar-refractivity contribution is 5.17. The van der Waals surface area contributed by atoms with E-state index in [4.69, 9.17) is 0 Å². The molecular weight excluding hydrogens is 248 g/mol. The van der Waals surface area contributed by atoms with Crippen LogP contribution in [0.4, 0.5) is 0 Å². The second kappa shape index (κ2) is 8.48. The van der Waals surface area contributed by atoms with Crippen LogP contribution in [0.25, 0.3) is 0 Å². The van der Waals surface area contributed by atoms with Crippen LogP contribution in [-0.2, 0) is 6.54 Å². The molecule has 3 heteroatoms. The zero-order valence-electron chi connectivity index (χ0n) is 11.6. The van der Waals surface area contributed by atoms with E-state index in [1.807, 2.05) is 48.5 Å². The summed E-state index contributed by atoms with van der Waals surface area (Å²) in [5, 5.41) is 16.6. The lowest BCUT2D eigenvalue weighted by Crippen LogP contribution is -2.30. The Morgan fingerprint density at radius 2 is 1.40 bits per heavy atom. The minimum atomic E-state index is -0.440. The van der Waals surface area contributed by atoms with E-state index in [-0.39, 0.29) is 0 Å². The lowest BCUT2D eigenvalue weighted by atomic mass is 10.1. The van der Waals surface area contributed by atoms with E-state index in [1.165, 1.54) is 5.56 Å². The van der Waals surface area contributed by atoms with Crippen molar-refractivity contribution in [2.45, 2.75) is 12.6 Å². The van der Waals surface area contributed by atoms with Crippen molar-refractivity contribution in [3.63, 3.8) is 0 Å². The lowest BCUT2D eigenvalue weighted by Gasteiger charge is -2.12. The SMILES string of the molecule is O[C@H](CNCCNCc1ccccc1)c1ccccc1. The molecule has 0 fully saturated rings. The molecule has 1 atom stereocenters. The maximum absolute atomic E-state index is 9.97. The Labute approximate surface area is 120 Å². The Hall–Kier alpha value is -1.68. The number of aliphatic hydroxyl groups is 1. The van der Waals surface area contributed by atoms with Crippen molar-refractivity contribution in [2.24, 2.45) is 0 Å². The number of aliphatic hydroxyl groups excluding tert-OH is 1. The molecule has 3 N–H and O–H groups in total. The maximum atomic E-state index is 9.97. The van der Waals surface area contributed by atoms with E-state index in [0.717, 1.165) is 25.2 Å². The predicted octanol–water partition coefficient (Wildman–Crippen LogP) is 2.10. The van der Waals surface area contributed by atoms with Crippen LogP contribution in [0.2, 0.25) is 0 Å². The maximum Gasteiger partial charge on any atom is 0.0914 e. The highest BCUT2D eigenvalue weighted by Crippen LogP contribution is 2.10. The van der Waals surface area contributed by atoms with Crippen molar-refractivity contribution in [1.82, 2.24) is 10.6 Å². The van der Waals surface area contributed by atoms with Gasteiger partial charge in [0.25, 0.3) is 0 Å². The summed E-state index contributed by atoms with van der Waals surface area (Å²) in [5.41, 5.74) is 2.24. The number of rotatable bonds is 8. The third-order valence-electron chi connectivity index (χ3n) is 3.17. The summed E-state index contributed by atoms with van der Waals surface area (Å²) in [6, 6.07) is 20.1. The van der Waals surface area contributed by atoms with Crippen LogP contribution in [0.3, 0.4) is 0 Å². The first kappa shape index (κ1) is 14.7. The molecule has 0 aromatic heterocycles. The zero-order chi connectivity index (χ0) is 14.0. The van der Waals surface area contributed by atoms with Gasteiger partial charge in [0.1, 0.15) is 0 Å². The molecule has 20 heavy (non-hydrogen) atoms. The van der Waals surface area contributed by atoms with Crippen LogP contribution in [-0.4, -0.2) is 24.7 Å². The van der Waals surface area contributed by atoms with E-state index < -0.39 is 6.10 Å². The van der Waals surface area contributed by atoms with Crippen molar-refractivity contribution >= 4 is 0 Å². The van der Waals surface area contributed by atoms with Gasteiger partial charge < -0.3 is 15.7 Å². The van der Waals surface area contributed by atoms with Gasteiger partial charge in [0, 0.05) is 26.2 Å². The van der Waals surface area contributed by atoms with Crippen LogP contribution in [0.5, 0.6) is 0 Å². The van der Waals surface area contributed by atoms with Crippen molar-refractivity contribution in [2.75, 3.05) is 19.6 Å².